The molecule has 0 bridgehead atoms. The number of carbonyl (C=O) groups excluding carboxylic acids is 1. The molecule has 2 atom stereocenters. The second kappa shape index (κ2) is 4.47. The van der Waals surface area contributed by atoms with E-state index in [2.05, 4.69) is 0 Å². The summed E-state index contributed by atoms with van der Waals surface area (Å²) in [5.74, 6) is -1.24. The number of hydrogen-bond donors (Lipinski definition) is 1. The Balaban J connectivity index is 2.41. The number of aldehydes is 1. The number of rotatable bonds is 2. The molecule has 0 aliphatic carbocycles. The minimum atomic E-state index is -0.877. The molecule has 0 saturated heterocycles. The van der Waals surface area contributed by atoms with Crippen LogP contribution >= 0.6 is 23.4 Å². The van der Waals surface area contributed by atoms with Crippen LogP contribution in [0.15, 0.2) is 23.1 Å². The van der Waals surface area contributed by atoms with Gasteiger partial charge in [-0.15, -0.1) is 11.8 Å². The molecule has 16 heavy (non-hydrogen) atoms. The average Bonchev–Trinajstić information content (AvgIpc) is 2.27. The molecule has 0 amide bonds. The summed E-state index contributed by atoms with van der Waals surface area (Å²) >= 11 is 7.13. The average molecular weight is 257 g/mol. The van der Waals surface area contributed by atoms with E-state index in [-0.39, 0.29) is 5.92 Å². The lowest BCUT2D eigenvalue weighted by molar-refractivity contribution is -0.136. The third kappa shape index (κ3) is 2.08. The quantitative estimate of drug-likeness (QED) is 0.827. The molecule has 0 fully saturated rings. The number of carbonyl (C=O) groups is 2. The predicted octanol–water partition coefficient (Wildman–Crippen LogP) is 2.57. The molecule has 1 heterocycles. The second-order valence-corrected chi connectivity index (χ2v) is 5.29. The van der Waals surface area contributed by atoms with Crippen LogP contribution in [0.4, 0.5) is 0 Å². The molecule has 1 aromatic rings. The van der Waals surface area contributed by atoms with Crippen LogP contribution in [0.1, 0.15) is 17.9 Å². The van der Waals surface area contributed by atoms with Gasteiger partial charge in [0.25, 0.3) is 0 Å². The van der Waals surface area contributed by atoms with E-state index in [0.29, 0.717) is 11.4 Å². The molecule has 84 valence electrons. The molecule has 0 aromatic heterocycles. The van der Waals surface area contributed by atoms with Crippen molar-refractivity contribution in [1.82, 2.24) is 0 Å². The van der Waals surface area contributed by atoms with E-state index in [1.54, 1.807) is 18.2 Å². The smallest absolute Gasteiger partial charge is 0.317 e. The second-order valence-electron chi connectivity index (χ2n) is 3.61. The van der Waals surface area contributed by atoms with Crippen LogP contribution in [0, 0.1) is 0 Å². The summed E-state index contributed by atoms with van der Waals surface area (Å²) in [4.78, 5) is 22.7. The molecule has 3 nitrogen and oxygen atoms in total. The van der Waals surface area contributed by atoms with E-state index in [0.717, 1.165) is 16.7 Å². The van der Waals surface area contributed by atoms with Crippen molar-refractivity contribution < 1.29 is 14.7 Å². The van der Waals surface area contributed by atoms with Crippen molar-refractivity contribution in [3.8, 4) is 0 Å². The molecule has 1 N–H and O–H groups in total. The van der Waals surface area contributed by atoms with Gasteiger partial charge in [0.1, 0.15) is 11.5 Å². The Morgan fingerprint density at radius 3 is 2.94 bits per heavy atom. The molecule has 1 aromatic carbocycles. The van der Waals surface area contributed by atoms with E-state index in [9.17, 15) is 9.59 Å². The topological polar surface area (TPSA) is 54.4 Å². The van der Waals surface area contributed by atoms with Gasteiger partial charge in [-0.25, -0.2) is 0 Å². The van der Waals surface area contributed by atoms with Crippen LogP contribution in [0.3, 0.4) is 0 Å². The van der Waals surface area contributed by atoms with E-state index in [1.807, 2.05) is 0 Å². The molecule has 2 rings (SSSR count). The summed E-state index contributed by atoms with van der Waals surface area (Å²) < 4.78 is 0. The van der Waals surface area contributed by atoms with Crippen molar-refractivity contribution in [3.63, 3.8) is 0 Å². The fourth-order valence-electron chi connectivity index (χ4n) is 1.76. The minimum Gasteiger partial charge on any atom is -0.480 e. The molecule has 0 saturated carbocycles. The highest BCUT2D eigenvalue weighted by Crippen LogP contribution is 2.42. The first kappa shape index (κ1) is 11.5. The van der Waals surface area contributed by atoms with E-state index in [1.165, 1.54) is 11.8 Å². The third-order valence-electron chi connectivity index (χ3n) is 2.55. The normalized spacial score (nSPS) is 23.6. The first-order valence-corrected chi connectivity index (χ1v) is 6.02. The Kier molecular flexibility index (Phi) is 3.21. The predicted molar refractivity (Wildman–Crippen MR) is 62.2 cm³/mol. The lowest BCUT2D eigenvalue weighted by atomic mass is 9.95. The number of carboxylic acid groups (broad SMARTS) is 1. The monoisotopic (exact) mass is 256 g/mol. The van der Waals surface area contributed by atoms with Gasteiger partial charge in [0, 0.05) is 15.8 Å². The van der Waals surface area contributed by atoms with E-state index >= 15 is 0 Å². The van der Waals surface area contributed by atoms with Crippen molar-refractivity contribution in [3.05, 3.63) is 28.8 Å². The molecule has 0 radical (unpaired) electrons. The first-order chi connectivity index (χ1) is 7.61. The van der Waals surface area contributed by atoms with Crippen molar-refractivity contribution >= 4 is 35.6 Å². The number of fused-ring (bicyclic) bond motifs is 1. The Hall–Kier alpha value is -1.00. The number of carboxylic acids is 1. The van der Waals surface area contributed by atoms with Gasteiger partial charge in [-0.3, -0.25) is 4.79 Å². The fourth-order valence-corrected chi connectivity index (χ4v) is 3.14. The Labute approximate surface area is 102 Å². The van der Waals surface area contributed by atoms with Crippen LogP contribution < -0.4 is 0 Å². The summed E-state index contributed by atoms with van der Waals surface area (Å²) in [5.41, 5.74) is 0.838. The van der Waals surface area contributed by atoms with Gasteiger partial charge in [-0.2, -0.15) is 0 Å². The SMILES string of the molecule is O=CC1CC(C(=O)O)Sc2ccc(Cl)cc21. The summed E-state index contributed by atoms with van der Waals surface area (Å²) in [6.07, 6.45) is 1.13. The minimum absolute atomic E-state index is 0.330. The standard InChI is InChI=1S/C11H9ClO3S/c12-7-1-2-9-8(4-7)6(5-13)3-10(16-9)11(14)15/h1-2,4-6,10H,3H2,(H,14,15). The van der Waals surface area contributed by atoms with Gasteiger partial charge in [-0.05, 0) is 30.2 Å². The molecule has 1 aliphatic heterocycles. The molecule has 1 aliphatic rings. The van der Waals surface area contributed by atoms with E-state index in [4.69, 9.17) is 16.7 Å². The zero-order valence-corrected chi connectivity index (χ0v) is 9.79. The van der Waals surface area contributed by atoms with Crippen LogP contribution in [-0.2, 0) is 9.59 Å². The highest BCUT2D eigenvalue weighted by molar-refractivity contribution is 8.00. The molecular formula is C11H9ClO3S. The maximum Gasteiger partial charge on any atom is 0.317 e. The van der Waals surface area contributed by atoms with Crippen LogP contribution in [-0.4, -0.2) is 22.6 Å². The lowest BCUT2D eigenvalue weighted by Gasteiger charge is -2.25. The van der Waals surface area contributed by atoms with Crippen molar-refractivity contribution in [2.75, 3.05) is 0 Å². The zero-order valence-electron chi connectivity index (χ0n) is 8.22. The summed E-state index contributed by atoms with van der Waals surface area (Å²) in [6.45, 7) is 0. The summed E-state index contributed by atoms with van der Waals surface area (Å²) in [6, 6.07) is 5.22. The Morgan fingerprint density at radius 1 is 1.56 bits per heavy atom. The number of benzene rings is 1. The molecule has 2 unspecified atom stereocenters. The number of halogens is 1. The highest BCUT2D eigenvalue weighted by atomic mass is 35.5. The fraction of sp³-hybridized carbons (Fsp3) is 0.273. The number of aliphatic carboxylic acids is 1. The largest absolute Gasteiger partial charge is 0.480 e. The van der Waals surface area contributed by atoms with Crippen molar-refractivity contribution in [1.29, 1.82) is 0 Å². The van der Waals surface area contributed by atoms with Gasteiger partial charge in [0.2, 0.25) is 0 Å². The lowest BCUT2D eigenvalue weighted by Crippen LogP contribution is -2.24. The van der Waals surface area contributed by atoms with Crippen molar-refractivity contribution in [2.24, 2.45) is 0 Å². The van der Waals surface area contributed by atoms with Crippen LogP contribution in [0.2, 0.25) is 5.02 Å². The Morgan fingerprint density at radius 2 is 2.31 bits per heavy atom. The number of hydrogen-bond acceptors (Lipinski definition) is 3. The maximum absolute atomic E-state index is 11.0. The van der Waals surface area contributed by atoms with E-state index < -0.39 is 11.2 Å². The Bertz CT molecular complexity index is 447. The van der Waals surface area contributed by atoms with Gasteiger partial charge in [-0.1, -0.05) is 11.6 Å². The van der Waals surface area contributed by atoms with Crippen molar-refractivity contribution in [2.45, 2.75) is 22.5 Å². The summed E-state index contributed by atoms with van der Waals surface area (Å²) in [5, 5.41) is 8.99. The van der Waals surface area contributed by atoms with Gasteiger partial charge in [0.05, 0.1) is 0 Å². The molecule has 5 heteroatoms. The number of thioether (sulfide) groups is 1. The zero-order chi connectivity index (χ0) is 11.7. The third-order valence-corrected chi connectivity index (χ3v) is 4.09. The first-order valence-electron chi connectivity index (χ1n) is 4.76. The van der Waals surface area contributed by atoms with Gasteiger partial charge < -0.3 is 9.90 Å². The van der Waals surface area contributed by atoms with Gasteiger partial charge in [0.15, 0.2) is 0 Å². The molecule has 0 spiro atoms. The molecular weight excluding hydrogens is 248 g/mol. The maximum atomic E-state index is 11.0. The summed E-state index contributed by atoms with van der Waals surface area (Å²) in [7, 11) is 0. The highest BCUT2D eigenvalue weighted by Gasteiger charge is 2.31. The van der Waals surface area contributed by atoms with Crippen LogP contribution in [0.25, 0.3) is 0 Å². The van der Waals surface area contributed by atoms with Crippen LogP contribution in [0.5, 0.6) is 0 Å². The van der Waals surface area contributed by atoms with Gasteiger partial charge >= 0.3 is 5.97 Å².